The van der Waals surface area contributed by atoms with E-state index in [1.54, 1.807) is 6.07 Å². The van der Waals surface area contributed by atoms with Gasteiger partial charge >= 0.3 is 0 Å². The molecular weight excluding hydrogens is 396 g/mol. The zero-order valence-corrected chi connectivity index (χ0v) is 17.1. The molecule has 0 bridgehead atoms. The Morgan fingerprint density at radius 1 is 0.935 bits per heavy atom. The number of anilines is 1. The normalized spacial score (nSPS) is 13.0. The summed E-state index contributed by atoms with van der Waals surface area (Å²) in [6, 6.07) is 10.4. The molecule has 1 aliphatic rings. The molecule has 2 aromatic heterocycles. The molecule has 0 aliphatic carbocycles. The average molecular weight is 414 g/mol. The number of oxazole rings is 1. The number of aromatic nitrogens is 2. The van der Waals surface area contributed by atoms with Crippen molar-refractivity contribution in [3.05, 3.63) is 74.6 Å². The van der Waals surface area contributed by atoms with E-state index in [1.807, 2.05) is 45.0 Å². The molecule has 3 heterocycles. The second-order valence-electron chi connectivity index (χ2n) is 7.70. The average Bonchev–Trinajstić information content (AvgIpc) is 3.23. The van der Waals surface area contributed by atoms with Gasteiger partial charge in [-0.2, -0.15) is 0 Å². The van der Waals surface area contributed by atoms with Crippen LogP contribution in [0, 0.1) is 20.8 Å². The summed E-state index contributed by atoms with van der Waals surface area (Å²) in [6.07, 6.45) is 0. The highest BCUT2D eigenvalue weighted by molar-refractivity contribution is 6.23. The summed E-state index contributed by atoms with van der Waals surface area (Å²) in [5.41, 5.74) is 11.2. The van der Waals surface area contributed by atoms with Crippen molar-refractivity contribution in [1.29, 1.82) is 0 Å². The van der Waals surface area contributed by atoms with E-state index in [0.29, 0.717) is 22.7 Å². The summed E-state index contributed by atoms with van der Waals surface area (Å²) in [7, 11) is 0. The summed E-state index contributed by atoms with van der Waals surface area (Å²) >= 11 is 0. The van der Waals surface area contributed by atoms with E-state index < -0.39 is 17.4 Å². The molecule has 0 unspecified atom stereocenters. The fraction of sp³-hybridized carbons (Fsp3) is 0.130. The first-order valence-electron chi connectivity index (χ1n) is 9.65. The maximum absolute atomic E-state index is 12.8. The zero-order valence-electron chi connectivity index (χ0n) is 17.1. The van der Waals surface area contributed by atoms with E-state index in [0.717, 1.165) is 28.3 Å². The second-order valence-corrected chi connectivity index (χ2v) is 7.70. The van der Waals surface area contributed by atoms with Gasteiger partial charge in [0, 0.05) is 11.6 Å². The predicted octanol–water partition coefficient (Wildman–Crippen LogP) is 3.04. The largest absolute Gasteiger partial charge is 0.436 e. The van der Waals surface area contributed by atoms with Gasteiger partial charge in [0.25, 0.3) is 17.4 Å². The van der Waals surface area contributed by atoms with Gasteiger partial charge in [-0.05, 0) is 61.7 Å². The Hall–Kier alpha value is -4.20. The molecule has 8 heteroatoms. The highest BCUT2D eigenvalue weighted by atomic mass is 16.3. The standard InChI is InChI=1S/C23H18N4O4/c1-10-4-5-13(23-25-15-6-11(2)12(3)7-17(15)31-23)8-16(10)27-18(28)9-14-19(20(27)24)22(30)26-21(14)29/h4-9H,24H2,1-3H3,(H,26,29,30). The number of imide groups is 1. The second kappa shape index (κ2) is 6.40. The van der Waals surface area contributed by atoms with Crippen LogP contribution in [0.4, 0.5) is 5.82 Å². The summed E-state index contributed by atoms with van der Waals surface area (Å²) in [5, 5.41) is 2.17. The minimum atomic E-state index is -0.626. The van der Waals surface area contributed by atoms with Crippen LogP contribution < -0.4 is 16.6 Å². The molecule has 154 valence electrons. The molecule has 2 aromatic carbocycles. The first-order chi connectivity index (χ1) is 14.7. The molecule has 0 atom stereocenters. The number of carbonyl (C=O) groups excluding carboxylic acids is 2. The van der Waals surface area contributed by atoms with Crippen LogP contribution in [0.3, 0.4) is 0 Å². The van der Waals surface area contributed by atoms with Gasteiger partial charge in [0.05, 0.1) is 16.8 Å². The van der Waals surface area contributed by atoms with Crippen LogP contribution in [-0.4, -0.2) is 21.4 Å². The number of hydrogen-bond donors (Lipinski definition) is 2. The van der Waals surface area contributed by atoms with Gasteiger partial charge in [-0.25, -0.2) is 4.98 Å². The molecule has 2 amide bonds. The lowest BCUT2D eigenvalue weighted by atomic mass is 10.1. The Kier molecular flexibility index (Phi) is 3.88. The SMILES string of the molecule is Cc1cc2nc(-c3ccc(C)c(-n4c(N)c5c(cc4=O)C(=O)NC5=O)c3)oc2cc1C. The maximum Gasteiger partial charge on any atom is 0.262 e. The number of carbonyl (C=O) groups is 2. The van der Waals surface area contributed by atoms with Crippen molar-refractivity contribution in [2.75, 3.05) is 5.73 Å². The number of fused-ring (bicyclic) bond motifs is 2. The molecule has 0 radical (unpaired) electrons. The van der Waals surface area contributed by atoms with Crippen LogP contribution in [0.15, 0.2) is 45.6 Å². The van der Waals surface area contributed by atoms with E-state index in [-0.39, 0.29) is 16.9 Å². The molecule has 8 nitrogen and oxygen atoms in total. The van der Waals surface area contributed by atoms with Gasteiger partial charge in [0.15, 0.2) is 5.58 Å². The van der Waals surface area contributed by atoms with Crippen molar-refractivity contribution in [3.63, 3.8) is 0 Å². The number of rotatable bonds is 2. The van der Waals surface area contributed by atoms with Crippen LogP contribution in [-0.2, 0) is 0 Å². The summed E-state index contributed by atoms with van der Waals surface area (Å²) in [4.78, 5) is 41.5. The number of nitrogens with zero attached hydrogens (tertiary/aromatic N) is 2. The Labute approximate surface area is 176 Å². The van der Waals surface area contributed by atoms with E-state index in [4.69, 9.17) is 10.2 Å². The molecule has 0 fully saturated rings. The van der Waals surface area contributed by atoms with Crippen LogP contribution in [0.1, 0.15) is 37.4 Å². The number of benzene rings is 2. The van der Waals surface area contributed by atoms with Crippen molar-refractivity contribution >= 4 is 28.7 Å². The van der Waals surface area contributed by atoms with Crippen molar-refractivity contribution < 1.29 is 14.0 Å². The van der Waals surface area contributed by atoms with Crippen molar-refractivity contribution in [3.8, 4) is 17.1 Å². The fourth-order valence-corrected chi connectivity index (χ4v) is 3.81. The monoisotopic (exact) mass is 414 g/mol. The number of nitrogens with one attached hydrogen (secondary N) is 1. The molecule has 3 N–H and O–H groups in total. The van der Waals surface area contributed by atoms with Gasteiger partial charge in [0.2, 0.25) is 5.89 Å². The summed E-state index contributed by atoms with van der Waals surface area (Å²) < 4.78 is 7.18. The van der Waals surface area contributed by atoms with Gasteiger partial charge in [-0.1, -0.05) is 6.07 Å². The third kappa shape index (κ3) is 2.76. The lowest BCUT2D eigenvalue weighted by Crippen LogP contribution is -2.24. The Morgan fingerprint density at radius 2 is 1.68 bits per heavy atom. The lowest BCUT2D eigenvalue weighted by molar-refractivity contribution is 0.0880. The predicted molar refractivity (Wildman–Crippen MR) is 115 cm³/mol. The Bertz CT molecular complexity index is 1470. The van der Waals surface area contributed by atoms with E-state index in [2.05, 4.69) is 10.3 Å². The van der Waals surface area contributed by atoms with Crippen LogP contribution in [0.25, 0.3) is 28.2 Å². The third-order valence-corrected chi connectivity index (χ3v) is 5.65. The first kappa shape index (κ1) is 18.8. The Morgan fingerprint density at radius 3 is 2.45 bits per heavy atom. The number of amides is 2. The molecule has 0 saturated heterocycles. The third-order valence-electron chi connectivity index (χ3n) is 5.65. The van der Waals surface area contributed by atoms with Crippen LogP contribution in [0.2, 0.25) is 0 Å². The minimum Gasteiger partial charge on any atom is -0.436 e. The highest BCUT2D eigenvalue weighted by Crippen LogP contribution is 2.30. The van der Waals surface area contributed by atoms with E-state index in [9.17, 15) is 14.4 Å². The first-order valence-corrected chi connectivity index (χ1v) is 9.65. The maximum atomic E-state index is 12.8. The minimum absolute atomic E-state index is 0.00205. The van der Waals surface area contributed by atoms with E-state index >= 15 is 0 Å². The van der Waals surface area contributed by atoms with Crippen molar-refractivity contribution in [1.82, 2.24) is 14.9 Å². The Balaban J connectivity index is 1.71. The summed E-state index contributed by atoms with van der Waals surface area (Å²) in [6.45, 7) is 5.84. The number of pyridine rings is 1. The van der Waals surface area contributed by atoms with E-state index in [1.165, 1.54) is 4.57 Å². The fourth-order valence-electron chi connectivity index (χ4n) is 3.81. The number of hydrogen-bond acceptors (Lipinski definition) is 6. The number of nitrogens with two attached hydrogens (primary N) is 1. The molecule has 5 rings (SSSR count). The topological polar surface area (TPSA) is 120 Å². The molecule has 1 aliphatic heterocycles. The van der Waals surface area contributed by atoms with Crippen molar-refractivity contribution in [2.45, 2.75) is 20.8 Å². The van der Waals surface area contributed by atoms with Gasteiger partial charge in [-0.3, -0.25) is 24.3 Å². The lowest BCUT2D eigenvalue weighted by Gasteiger charge is -2.15. The molecule has 0 saturated carbocycles. The van der Waals surface area contributed by atoms with Gasteiger partial charge < -0.3 is 10.2 Å². The zero-order chi connectivity index (χ0) is 22.0. The van der Waals surface area contributed by atoms with Gasteiger partial charge in [-0.15, -0.1) is 0 Å². The van der Waals surface area contributed by atoms with Gasteiger partial charge in [0.1, 0.15) is 11.3 Å². The van der Waals surface area contributed by atoms with Crippen molar-refractivity contribution in [2.24, 2.45) is 0 Å². The van der Waals surface area contributed by atoms with Crippen LogP contribution >= 0.6 is 0 Å². The molecular formula is C23H18N4O4. The molecule has 31 heavy (non-hydrogen) atoms. The number of nitrogen functional groups attached to an aromatic ring is 1. The number of aryl methyl sites for hydroxylation is 3. The van der Waals surface area contributed by atoms with Crippen LogP contribution in [0.5, 0.6) is 0 Å². The smallest absolute Gasteiger partial charge is 0.262 e. The molecule has 4 aromatic rings. The quantitative estimate of drug-likeness (QED) is 0.487. The summed E-state index contributed by atoms with van der Waals surface area (Å²) in [5.74, 6) is -0.930. The highest BCUT2D eigenvalue weighted by Gasteiger charge is 2.32. The molecule has 0 spiro atoms.